The van der Waals surface area contributed by atoms with Crippen LogP contribution in [0.15, 0.2) is 42.5 Å². The molecule has 0 saturated heterocycles. The summed E-state index contributed by atoms with van der Waals surface area (Å²) < 4.78 is 0. The van der Waals surface area contributed by atoms with Crippen LogP contribution in [0.1, 0.15) is 12.8 Å². The summed E-state index contributed by atoms with van der Waals surface area (Å²) in [5.41, 5.74) is 3.06. The molecule has 0 amide bonds. The number of hydrogen-bond donors (Lipinski definition) is 0. The fourth-order valence-corrected chi connectivity index (χ4v) is 1.74. The number of nitrogens with zero attached hydrogens (tertiary/aromatic N) is 3. The highest BCUT2D eigenvalue weighted by Gasteiger charge is 2.06. The minimum Gasteiger partial charge on any atom is -0.155 e. The second-order valence-corrected chi connectivity index (χ2v) is 3.60. The van der Waals surface area contributed by atoms with Crippen LogP contribution in [0.4, 0.5) is 0 Å². The summed E-state index contributed by atoms with van der Waals surface area (Å²) in [5.74, 6) is 0. The third-order valence-electron chi connectivity index (χ3n) is 2.54. The lowest BCUT2D eigenvalue weighted by Gasteiger charge is -2.06. The molecule has 0 spiro atoms. The maximum absolute atomic E-state index is 4.44. The fourth-order valence-electron chi connectivity index (χ4n) is 1.74. The van der Waals surface area contributed by atoms with Gasteiger partial charge >= 0.3 is 0 Å². The maximum Gasteiger partial charge on any atom is 0.113 e. The Labute approximate surface area is 87.7 Å². The Balaban J connectivity index is 2.11. The van der Waals surface area contributed by atoms with Gasteiger partial charge in [-0.2, -0.15) is 4.80 Å². The van der Waals surface area contributed by atoms with E-state index in [2.05, 4.69) is 28.4 Å². The molecule has 3 heteroatoms. The molecule has 1 aromatic carbocycles. The Hall–Kier alpha value is -1.90. The summed E-state index contributed by atoms with van der Waals surface area (Å²) in [4.78, 5) is 1.74. The molecular formula is C12H11N3. The van der Waals surface area contributed by atoms with Gasteiger partial charge < -0.3 is 0 Å². The summed E-state index contributed by atoms with van der Waals surface area (Å²) in [6, 6.07) is 7.93. The van der Waals surface area contributed by atoms with Crippen molar-refractivity contribution in [3.8, 4) is 0 Å². The van der Waals surface area contributed by atoms with Crippen LogP contribution < -0.4 is 0 Å². The average molecular weight is 197 g/mol. The van der Waals surface area contributed by atoms with E-state index in [1.807, 2.05) is 24.3 Å². The summed E-state index contributed by atoms with van der Waals surface area (Å²) in [5, 5.41) is 8.88. The van der Waals surface area contributed by atoms with Gasteiger partial charge in [0.1, 0.15) is 11.0 Å². The molecule has 0 saturated carbocycles. The molecule has 1 aromatic heterocycles. The van der Waals surface area contributed by atoms with Gasteiger partial charge in [0.2, 0.25) is 0 Å². The van der Waals surface area contributed by atoms with Gasteiger partial charge in [-0.15, -0.1) is 10.2 Å². The predicted molar refractivity (Wildman–Crippen MR) is 60.2 cm³/mol. The highest BCUT2D eigenvalue weighted by molar-refractivity contribution is 5.74. The van der Waals surface area contributed by atoms with E-state index in [-0.39, 0.29) is 0 Å². The molecule has 3 rings (SSSR count). The topological polar surface area (TPSA) is 30.7 Å². The van der Waals surface area contributed by atoms with E-state index in [4.69, 9.17) is 0 Å². The van der Waals surface area contributed by atoms with Gasteiger partial charge in [-0.25, -0.2) is 0 Å². The van der Waals surface area contributed by atoms with E-state index in [0.29, 0.717) is 0 Å². The number of allylic oxidation sites excluding steroid dienone is 4. The van der Waals surface area contributed by atoms with Crippen molar-refractivity contribution in [3.63, 3.8) is 0 Å². The lowest BCUT2D eigenvalue weighted by Crippen LogP contribution is -2.02. The molecule has 0 radical (unpaired) electrons. The van der Waals surface area contributed by atoms with E-state index in [0.717, 1.165) is 29.6 Å². The van der Waals surface area contributed by atoms with E-state index in [1.165, 1.54) is 0 Å². The first-order chi connectivity index (χ1) is 7.43. The average Bonchev–Trinajstić information content (AvgIpc) is 2.74. The van der Waals surface area contributed by atoms with Crippen LogP contribution in [0.25, 0.3) is 16.7 Å². The zero-order chi connectivity index (χ0) is 10.1. The molecular weight excluding hydrogens is 186 g/mol. The smallest absolute Gasteiger partial charge is 0.113 e. The molecule has 0 aliphatic heterocycles. The molecule has 0 atom stereocenters. The molecule has 74 valence electrons. The second-order valence-electron chi connectivity index (χ2n) is 3.60. The van der Waals surface area contributed by atoms with Crippen molar-refractivity contribution in [1.82, 2.24) is 15.0 Å². The number of rotatable bonds is 1. The molecule has 0 bridgehead atoms. The van der Waals surface area contributed by atoms with Crippen LogP contribution in [0, 0.1) is 0 Å². The molecule has 0 unspecified atom stereocenters. The largest absolute Gasteiger partial charge is 0.155 e. The molecule has 1 aliphatic carbocycles. The van der Waals surface area contributed by atoms with E-state index >= 15 is 0 Å². The van der Waals surface area contributed by atoms with Crippen LogP contribution >= 0.6 is 0 Å². The van der Waals surface area contributed by atoms with Crippen molar-refractivity contribution in [3.05, 3.63) is 42.5 Å². The Kier molecular flexibility index (Phi) is 1.88. The Bertz CT molecular complexity index is 516. The van der Waals surface area contributed by atoms with Gasteiger partial charge in [0.15, 0.2) is 0 Å². The fraction of sp³-hybridized carbons (Fsp3) is 0.167. The van der Waals surface area contributed by atoms with Gasteiger partial charge in [-0.05, 0) is 31.1 Å². The van der Waals surface area contributed by atoms with Crippen molar-refractivity contribution in [1.29, 1.82) is 0 Å². The number of aromatic nitrogens is 3. The minimum absolute atomic E-state index is 0.952. The molecule has 0 N–H and O–H groups in total. The number of benzene rings is 1. The molecule has 1 aliphatic rings. The van der Waals surface area contributed by atoms with Crippen LogP contribution in [0.3, 0.4) is 0 Å². The molecule has 0 fully saturated rings. The molecule has 3 nitrogen and oxygen atoms in total. The van der Waals surface area contributed by atoms with Gasteiger partial charge in [0.05, 0.1) is 5.70 Å². The molecule has 1 heterocycles. The highest BCUT2D eigenvalue weighted by atomic mass is 15.5. The van der Waals surface area contributed by atoms with Crippen LogP contribution in [-0.2, 0) is 0 Å². The lowest BCUT2D eigenvalue weighted by atomic mass is 10.1. The van der Waals surface area contributed by atoms with Crippen molar-refractivity contribution >= 4 is 16.7 Å². The van der Waals surface area contributed by atoms with Crippen LogP contribution in [-0.4, -0.2) is 15.0 Å². The number of hydrogen-bond acceptors (Lipinski definition) is 2. The third-order valence-corrected chi connectivity index (χ3v) is 2.54. The van der Waals surface area contributed by atoms with Crippen molar-refractivity contribution in [2.45, 2.75) is 12.8 Å². The predicted octanol–water partition coefficient (Wildman–Crippen LogP) is 2.62. The van der Waals surface area contributed by atoms with Crippen LogP contribution in [0.5, 0.6) is 0 Å². The van der Waals surface area contributed by atoms with E-state index in [9.17, 15) is 0 Å². The van der Waals surface area contributed by atoms with Gasteiger partial charge in [0.25, 0.3) is 0 Å². The zero-order valence-corrected chi connectivity index (χ0v) is 8.30. The Morgan fingerprint density at radius 2 is 1.80 bits per heavy atom. The molecule has 2 aromatic rings. The second kappa shape index (κ2) is 3.35. The first-order valence-electron chi connectivity index (χ1n) is 5.12. The van der Waals surface area contributed by atoms with E-state index < -0.39 is 0 Å². The normalized spacial score (nSPS) is 15.6. The third kappa shape index (κ3) is 1.46. The first kappa shape index (κ1) is 8.41. The van der Waals surface area contributed by atoms with Gasteiger partial charge in [0, 0.05) is 0 Å². The van der Waals surface area contributed by atoms with Gasteiger partial charge in [-0.1, -0.05) is 24.3 Å². The summed E-state index contributed by atoms with van der Waals surface area (Å²) in [6.07, 6.45) is 8.38. The van der Waals surface area contributed by atoms with Crippen molar-refractivity contribution < 1.29 is 0 Å². The quantitative estimate of drug-likeness (QED) is 0.703. The monoisotopic (exact) mass is 197 g/mol. The van der Waals surface area contributed by atoms with E-state index in [1.54, 1.807) is 4.80 Å². The minimum atomic E-state index is 0.952. The van der Waals surface area contributed by atoms with Crippen molar-refractivity contribution in [2.24, 2.45) is 0 Å². The maximum atomic E-state index is 4.44. The van der Waals surface area contributed by atoms with Crippen molar-refractivity contribution in [2.75, 3.05) is 0 Å². The molecule has 15 heavy (non-hydrogen) atoms. The standard InChI is InChI=1S/C12H11N3/c1-2-6-10(7-3-1)15-13-11-8-4-5-9-12(11)14-15/h1-2,4-6,8-9H,3,7H2. The SMILES string of the molecule is C1=CCCC(n2nc3ccccc3n2)=C1. The first-order valence-corrected chi connectivity index (χ1v) is 5.12. The summed E-state index contributed by atoms with van der Waals surface area (Å²) >= 11 is 0. The Morgan fingerprint density at radius 1 is 1.07 bits per heavy atom. The number of fused-ring (bicyclic) bond motifs is 1. The highest BCUT2D eigenvalue weighted by Crippen LogP contribution is 2.17. The zero-order valence-electron chi connectivity index (χ0n) is 8.30. The lowest BCUT2D eigenvalue weighted by molar-refractivity contribution is 0.746. The summed E-state index contributed by atoms with van der Waals surface area (Å²) in [7, 11) is 0. The van der Waals surface area contributed by atoms with Gasteiger partial charge in [-0.3, -0.25) is 0 Å². The summed E-state index contributed by atoms with van der Waals surface area (Å²) in [6.45, 7) is 0. The van der Waals surface area contributed by atoms with Crippen LogP contribution in [0.2, 0.25) is 0 Å². The Morgan fingerprint density at radius 3 is 2.40 bits per heavy atom.